The van der Waals surface area contributed by atoms with E-state index in [0.717, 1.165) is 23.7 Å². The predicted molar refractivity (Wildman–Crippen MR) is 98.6 cm³/mol. The van der Waals surface area contributed by atoms with Crippen molar-refractivity contribution in [2.45, 2.75) is 6.54 Å². The summed E-state index contributed by atoms with van der Waals surface area (Å²) in [5.74, 6) is 1.68. The lowest BCUT2D eigenvalue weighted by Crippen LogP contribution is -1.99. The molecule has 0 amide bonds. The summed E-state index contributed by atoms with van der Waals surface area (Å²) in [6.07, 6.45) is 1.98. The fraction of sp³-hybridized carbons (Fsp3) is 0.0476. The minimum Gasteiger partial charge on any atom is -0.457 e. The van der Waals surface area contributed by atoms with Gasteiger partial charge in [0.05, 0.1) is 0 Å². The molecule has 3 heteroatoms. The summed E-state index contributed by atoms with van der Waals surface area (Å²) in [6, 6.07) is 26.3. The van der Waals surface area contributed by atoms with Crippen molar-refractivity contribution in [1.29, 1.82) is 0 Å². The molecular formula is C21H18N2O. The van der Waals surface area contributed by atoms with E-state index in [0.29, 0.717) is 0 Å². The number of hydrogen-bond donors (Lipinski definition) is 2. The van der Waals surface area contributed by atoms with Gasteiger partial charge in [0.25, 0.3) is 0 Å². The Kier molecular flexibility index (Phi) is 3.90. The molecule has 1 aromatic heterocycles. The molecule has 0 radical (unpaired) electrons. The standard InChI is InChI=1S/C21H18N2O/c1-2-6-18(7-3-1)24-19-11-9-17(10-12-19)23-15-16-5-4-8-21-20(16)13-14-22-21/h1-14,22-23H,15H2. The highest BCUT2D eigenvalue weighted by Crippen LogP contribution is 2.23. The van der Waals surface area contributed by atoms with Crippen molar-refractivity contribution >= 4 is 16.6 Å². The molecule has 0 saturated heterocycles. The molecule has 0 fully saturated rings. The van der Waals surface area contributed by atoms with Crippen LogP contribution in [0.1, 0.15) is 5.56 Å². The third-order valence-electron chi connectivity index (χ3n) is 4.00. The molecular weight excluding hydrogens is 296 g/mol. The second-order valence-electron chi connectivity index (χ2n) is 5.65. The first-order valence-corrected chi connectivity index (χ1v) is 8.00. The van der Waals surface area contributed by atoms with Crippen LogP contribution in [0.5, 0.6) is 11.5 Å². The number of hydrogen-bond acceptors (Lipinski definition) is 2. The van der Waals surface area contributed by atoms with Crippen LogP contribution in [0.25, 0.3) is 10.9 Å². The number of rotatable bonds is 5. The molecule has 3 nitrogen and oxygen atoms in total. The second kappa shape index (κ2) is 6.50. The van der Waals surface area contributed by atoms with Gasteiger partial charge in [0, 0.05) is 29.3 Å². The van der Waals surface area contributed by atoms with Gasteiger partial charge in [-0.3, -0.25) is 0 Å². The Labute approximate surface area is 140 Å². The smallest absolute Gasteiger partial charge is 0.127 e. The zero-order valence-electron chi connectivity index (χ0n) is 13.2. The van der Waals surface area contributed by atoms with E-state index in [1.54, 1.807) is 0 Å². The van der Waals surface area contributed by atoms with E-state index in [-0.39, 0.29) is 0 Å². The predicted octanol–water partition coefficient (Wildman–Crippen LogP) is 5.57. The van der Waals surface area contributed by atoms with Crippen LogP contribution in [0.4, 0.5) is 5.69 Å². The molecule has 0 unspecified atom stereocenters. The molecule has 0 aliphatic carbocycles. The van der Waals surface area contributed by atoms with Crippen LogP contribution in [0.3, 0.4) is 0 Å². The molecule has 0 bridgehead atoms. The number of para-hydroxylation sites is 1. The Hall–Kier alpha value is -3.20. The van der Waals surface area contributed by atoms with Crippen molar-refractivity contribution < 1.29 is 4.74 Å². The summed E-state index contributed by atoms with van der Waals surface area (Å²) in [4.78, 5) is 3.24. The van der Waals surface area contributed by atoms with Gasteiger partial charge in [-0.05, 0) is 54.1 Å². The molecule has 0 aliphatic heterocycles. The number of H-pyrrole nitrogens is 1. The minimum atomic E-state index is 0.786. The van der Waals surface area contributed by atoms with E-state index in [1.807, 2.05) is 60.8 Å². The van der Waals surface area contributed by atoms with Crippen LogP contribution in [0.2, 0.25) is 0 Å². The van der Waals surface area contributed by atoms with Gasteiger partial charge in [0.15, 0.2) is 0 Å². The molecule has 3 aromatic carbocycles. The first-order valence-electron chi connectivity index (χ1n) is 8.00. The Bertz CT molecular complexity index is 927. The molecule has 4 rings (SSSR count). The lowest BCUT2D eigenvalue weighted by atomic mass is 10.1. The molecule has 118 valence electrons. The lowest BCUT2D eigenvalue weighted by Gasteiger charge is -2.09. The highest BCUT2D eigenvalue weighted by molar-refractivity contribution is 5.83. The number of aromatic nitrogens is 1. The third kappa shape index (κ3) is 3.10. The van der Waals surface area contributed by atoms with E-state index in [1.165, 1.54) is 16.5 Å². The van der Waals surface area contributed by atoms with Crippen LogP contribution in [0, 0.1) is 0 Å². The van der Waals surface area contributed by atoms with Gasteiger partial charge in [-0.15, -0.1) is 0 Å². The monoisotopic (exact) mass is 314 g/mol. The Morgan fingerprint density at radius 1 is 0.750 bits per heavy atom. The van der Waals surface area contributed by atoms with Crippen molar-refractivity contribution in [2.24, 2.45) is 0 Å². The topological polar surface area (TPSA) is 37.0 Å². The Morgan fingerprint density at radius 3 is 2.38 bits per heavy atom. The van der Waals surface area contributed by atoms with Crippen molar-refractivity contribution in [2.75, 3.05) is 5.32 Å². The molecule has 24 heavy (non-hydrogen) atoms. The molecule has 1 heterocycles. The second-order valence-corrected chi connectivity index (χ2v) is 5.65. The Morgan fingerprint density at radius 2 is 1.54 bits per heavy atom. The summed E-state index contributed by atoms with van der Waals surface area (Å²) in [5, 5.41) is 4.72. The van der Waals surface area contributed by atoms with E-state index < -0.39 is 0 Å². The maximum atomic E-state index is 5.81. The van der Waals surface area contributed by atoms with Crippen molar-refractivity contribution in [1.82, 2.24) is 4.98 Å². The number of ether oxygens (including phenoxy) is 1. The van der Waals surface area contributed by atoms with E-state index in [9.17, 15) is 0 Å². The summed E-state index contributed by atoms with van der Waals surface area (Å²) in [7, 11) is 0. The average molecular weight is 314 g/mol. The molecule has 0 atom stereocenters. The first kappa shape index (κ1) is 14.4. The van der Waals surface area contributed by atoms with Crippen LogP contribution < -0.4 is 10.1 Å². The number of benzene rings is 3. The summed E-state index contributed by atoms with van der Waals surface area (Å²) in [6.45, 7) is 0.786. The van der Waals surface area contributed by atoms with Crippen LogP contribution in [-0.4, -0.2) is 4.98 Å². The molecule has 0 spiro atoms. The number of anilines is 1. The molecule has 0 saturated carbocycles. The maximum Gasteiger partial charge on any atom is 0.127 e. The van der Waals surface area contributed by atoms with Crippen LogP contribution in [0.15, 0.2) is 85.1 Å². The van der Waals surface area contributed by atoms with Gasteiger partial charge in [-0.25, -0.2) is 0 Å². The van der Waals surface area contributed by atoms with Gasteiger partial charge in [0.2, 0.25) is 0 Å². The van der Waals surface area contributed by atoms with Gasteiger partial charge < -0.3 is 15.0 Å². The summed E-state index contributed by atoms with van der Waals surface area (Å²) < 4.78 is 5.81. The molecule has 4 aromatic rings. The van der Waals surface area contributed by atoms with Gasteiger partial charge in [-0.1, -0.05) is 30.3 Å². The van der Waals surface area contributed by atoms with Crippen molar-refractivity contribution in [3.63, 3.8) is 0 Å². The van der Waals surface area contributed by atoms with E-state index >= 15 is 0 Å². The van der Waals surface area contributed by atoms with Crippen LogP contribution >= 0.6 is 0 Å². The fourth-order valence-corrected chi connectivity index (χ4v) is 2.77. The SMILES string of the molecule is c1ccc(Oc2ccc(NCc3cccc4[nH]ccc34)cc2)cc1. The zero-order chi connectivity index (χ0) is 16.2. The van der Waals surface area contributed by atoms with E-state index in [2.05, 4.69) is 34.6 Å². The zero-order valence-corrected chi connectivity index (χ0v) is 13.2. The van der Waals surface area contributed by atoms with Crippen molar-refractivity contribution in [3.8, 4) is 11.5 Å². The highest BCUT2D eigenvalue weighted by atomic mass is 16.5. The lowest BCUT2D eigenvalue weighted by molar-refractivity contribution is 0.483. The first-order chi connectivity index (χ1) is 11.9. The maximum absolute atomic E-state index is 5.81. The normalized spacial score (nSPS) is 10.7. The molecule has 2 N–H and O–H groups in total. The number of nitrogens with one attached hydrogen (secondary N) is 2. The van der Waals surface area contributed by atoms with Gasteiger partial charge in [-0.2, -0.15) is 0 Å². The molecule has 0 aliphatic rings. The van der Waals surface area contributed by atoms with Gasteiger partial charge in [0.1, 0.15) is 11.5 Å². The number of aromatic amines is 1. The van der Waals surface area contributed by atoms with Crippen LogP contribution in [-0.2, 0) is 6.54 Å². The quantitative estimate of drug-likeness (QED) is 0.505. The summed E-state index contributed by atoms with van der Waals surface area (Å²) in [5.41, 5.74) is 3.52. The minimum absolute atomic E-state index is 0.786. The fourth-order valence-electron chi connectivity index (χ4n) is 2.77. The average Bonchev–Trinajstić information content (AvgIpc) is 3.11. The highest BCUT2D eigenvalue weighted by Gasteiger charge is 2.02. The van der Waals surface area contributed by atoms with E-state index in [4.69, 9.17) is 4.74 Å². The summed E-state index contributed by atoms with van der Waals surface area (Å²) >= 11 is 0. The van der Waals surface area contributed by atoms with Crippen molar-refractivity contribution in [3.05, 3.63) is 90.6 Å². The van der Waals surface area contributed by atoms with Gasteiger partial charge >= 0.3 is 0 Å². The third-order valence-corrected chi connectivity index (χ3v) is 4.00. The largest absolute Gasteiger partial charge is 0.457 e. The Balaban J connectivity index is 1.43. The number of fused-ring (bicyclic) bond motifs is 1.